The van der Waals surface area contributed by atoms with Gasteiger partial charge in [-0.15, -0.1) is 0 Å². The summed E-state index contributed by atoms with van der Waals surface area (Å²) in [5, 5.41) is 0. The highest BCUT2D eigenvalue weighted by molar-refractivity contribution is 7.89. The van der Waals surface area contributed by atoms with E-state index in [4.69, 9.17) is 9.15 Å². The summed E-state index contributed by atoms with van der Waals surface area (Å²) >= 11 is 0. The van der Waals surface area contributed by atoms with Crippen LogP contribution >= 0.6 is 0 Å². The van der Waals surface area contributed by atoms with E-state index in [1.165, 1.54) is 12.1 Å². The second-order valence-electron chi connectivity index (χ2n) is 5.99. The molecule has 2 heterocycles. The van der Waals surface area contributed by atoms with Gasteiger partial charge >= 0.3 is 0 Å². The molecule has 3 rings (SSSR count). The lowest BCUT2D eigenvalue weighted by Crippen LogP contribution is -2.23. The number of hydrogen-bond acceptors (Lipinski definition) is 5. The molecule has 2 aromatic heterocycles. The fraction of sp³-hybridized carbons (Fsp3) is 0.211. The van der Waals surface area contributed by atoms with Crippen LogP contribution in [0.15, 0.2) is 70.3 Å². The van der Waals surface area contributed by atoms with Crippen molar-refractivity contribution in [3.8, 4) is 17.2 Å². The summed E-state index contributed by atoms with van der Waals surface area (Å²) in [6.45, 7) is 3.98. The van der Waals surface area contributed by atoms with Crippen LogP contribution in [0.1, 0.15) is 19.4 Å². The van der Waals surface area contributed by atoms with Gasteiger partial charge in [-0.2, -0.15) is 0 Å². The van der Waals surface area contributed by atoms with Gasteiger partial charge in [0.05, 0.1) is 17.3 Å². The average molecular weight is 372 g/mol. The van der Waals surface area contributed by atoms with Crippen LogP contribution in [0.2, 0.25) is 0 Å². The van der Waals surface area contributed by atoms with Gasteiger partial charge in [0.15, 0.2) is 5.76 Å². The zero-order valence-electron chi connectivity index (χ0n) is 14.5. The molecule has 1 aromatic carbocycles. The number of pyridine rings is 1. The number of ether oxygens (including phenoxy) is 1. The number of benzene rings is 1. The summed E-state index contributed by atoms with van der Waals surface area (Å²) in [7, 11) is -3.62. The molecule has 0 aliphatic carbocycles. The zero-order valence-corrected chi connectivity index (χ0v) is 15.4. The maximum atomic E-state index is 12.5. The highest BCUT2D eigenvalue weighted by Gasteiger charge is 2.14. The first-order valence-corrected chi connectivity index (χ1v) is 9.67. The van der Waals surface area contributed by atoms with E-state index in [-0.39, 0.29) is 17.5 Å². The molecule has 0 saturated carbocycles. The van der Waals surface area contributed by atoms with Crippen LogP contribution in [0.25, 0.3) is 11.5 Å². The van der Waals surface area contributed by atoms with E-state index >= 15 is 0 Å². The maximum Gasteiger partial charge on any atom is 0.240 e. The summed E-state index contributed by atoms with van der Waals surface area (Å²) < 4.78 is 38.4. The number of furan rings is 1. The van der Waals surface area contributed by atoms with E-state index in [0.29, 0.717) is 17.2 Å². The molecule has 26 heavy (non-hydrogen) atoms. The van der Waals surface area contributed by atoms with Crippen molar-refractivity contribution < 1.29 is 17.6 Å². The first-order valence-electron chi connectivity index (χ1n) is 8.19. The van der Waals surface area contributed by atoms with Crippen molar-refractivity contribution in [2.75, 3.05) is 0 Å². The summed E-state index contributed by atoms with van der Waals surface area (Å²) in [6, 6.07) is 13.5. The summed E-state index contributed by atoms with van der Waals surface area (Å²) in [6.07, 6.45) is 3.23. The molecule has 0 amide bonds. The van der Waals surface area contributed by atoms with Gasteiger partial charge in [-0.25, -0.2) is 13.1 Å². The van der Waals surface area contributed by atoms with Gasteiger partial charge in [0.2, 0.25) is 10.0 Å². The van der Waals surface area contributed by atoms with E-state index in [9.17, 15) is 8.42 Å². The van der Waals surface area contributed by atoms with Gasteiger partial charge in [-0.3, -0.25) is 4.98 Å². The van der Waals surface area contributed by atoms with Crippen molar-refractivity contribution in [3.63, 3.8) is 0 Å². The van der Waals surface area contributed by atoms with E-state index in [1.807, 2.05) is 13.8 Å². The highest BCUT2D eigenvalue weighted by Crippen LogP contribution is 2.19. The minimum absolute atomic E-state index is 0.0330. The number of rotatable bonds is 7. The standard InChI is InChI=1S/C19H20N2O4S/c1-14(2)25-16-5-7-17(8-6-16)26(22,23)21-13-15-9-10-20-18(12-15)19-4-3-11-24-19/h3-12,14,21H,13H2,1-2H3. The molecule has 0 radical (unpaired) electrons. The Morgan fingerprint density at radius 1 is 1.15 bits per heavy atom. The third-order valence-corrected chi connectivity index (χ3v) is 4.99. The van der Waals surface area contributed by atoms with Gasteiger partial charge in [0.1, 0.15) is 11.4 Å². The first kappa shape index (κ1) is 18.2. The predicted octanol–water partition coefficient (Wildman–Crippen LogP) is 3.61. The SMILES string of the molecule is CC(C)Oc1ccc(S(=O)(=O)NCc2ccnc(-c3ccco3)c2)cc1. The Hall–Kier alpha value is -2.64. The largest absolute Gasteiger partial charge is 0.491 e. The molecule has 6 nitrogen and oxygen atoms in total. The Morgan fingerprint density at radius 2 is 1.92 bits per heavy atom. The van der Waals surface area contributed by atoms with Crippen LogP contribution in [0.4, 0.5) is 0 Å². The lowest BCUT2D eigenvalue weighted by Gasteiger charge is -2.11. The van der Waals surface area contributed by atoms with E-state index in [0.717, 1.165) is 5.56 Å². The Kier molecular flexibility index (Phi) is 5.39. The first-order chi connectivity index (χ1) is 12.4. The van der Waals surface area contributed by atoms with Gasteiger partial charge in [-0.05, 0) is 67.9 Å². The van der Waals surface area contributed by atoms with Gasteiger partial charge in [-0.1, -0.05) is 0 Å². The van der Waals surface area contributed by atoms with Gasteiger partial charge < -0.3 is 9.15 Å². The summed E-state index contributed by atoms with van der Waals surface area (Å²) in [5.74, 6) is 1.27. The third kappa shape index (κ3) is 4.50. The molecule has 1 N–H and O–H groups in total. The van der Waals surface area contributed by atoms with Gasteiger partial charge in [0, 0.05) is 12.7 Å². The van der Waals surface area contributed by atoms with Crippen molar-refractivity contribution in [2.45, 2.75) is 31.4 Å². The minimum atomic E-state index is -3.62. The molecule has 136 valence electrons. The van der Waals surface area contributed by atoms with Crippen LogP contribution in [0.3, 0.4) is 0 Å². The van der Waals surface area contributed by atoms with E-state index in [1.54, 1.807) is 48.9 Å². The second kappa shape index (κ2) is 7.72. The van der Waals surface area contributed by atoms with Gasteiger partial charge in [0.25, 0.3) is 0 Å². The number of hydrogen-bond donors (Lipinski definition) is 1. The topological polar surface area (TPSA) is 81.4 Å². The molecule has 0 spiro atoms. The molecular formula is C19H20N2O4S. The Morgan fingerprint density at radius 3 is 2.58 bits per heavy atom. The van der Waals surface area contributed by atoms with Crippen molar-refractivity contribution in [1.29, 1.82) is 0 Å². The van der Waals surface area contributed by atoms with Crippen LogP contribution < -0.4 is 9.46 Å². The number of nitrogens with one attached hydrogen (secondary N) is 1. The molecule has 0 unspecified atom stereocenters. The molecule has 7 heteroatoms. The molecule has 3 aromatic rings. The second-order valence-corrected chi connectivity index (χ2v) is 7.76. The lowest BCUT2D eigenvalue weighted by atomic mass is 10.2. The fourth-order valence-corrected chi connectivity index (χ4v) is 3.39. The third-order valence-electron chi connectivity index (χ3n) is 3.57. The number of nitrogens with zero attached hydrogens (tertiary/aromatic N) is 1. The Balaban J connectivity index is 1.69. The minimum Gasteiger partial charge on any atom is -0.491 e. The molecule has 0 aliphatic rings. The zero-order chi connectivity index (χ0) is 18.6. The monoisotopic (exact) mass is 372 g/mol. The smallest absolute Gasteiger partial charge is 0.240 e. The predicted molar refractivity (Wildman–Crippen MR) is 98.2 cm³/mol. The van der Waals surface area contributed by atoms with Crippen molar-refractivity contribution in [3.05, 3.63) is 66.6 Å². The van der Waals surface area contributed by atoms with Crippen molar-refractivity contribution >= 4 is 10.0 Å². The number of sulfonamides is 1. The van der Waals surface area contributed by atoms with Crippen LogP contribution in [-0.4, -0.2) is 19.5 Å². The molecule has 0 bridgehead atoms. The molecular weight excluding hydrogens is 352 g/mol. The van der Waals surface area contributed by atoms with Crippen LogP contribution in [-0.2, 0) is 16.6 Å². The molecule has 0 saturated heterocycles. The number of aromatic nitrogens is 1. The molecule has 0 aliphatic heterocycles. The molecule has 0 atom stereocenters. The maximum absolute atomic E-state index is 12.5. The fourth-order valence-electron chi connectivity index (χ4n) is 2.37. The summed E-state index contributed by atoms with van der Waals surface area (Å²) in [5.41, 5.74) is 1.44. The summed E-state index contributed by atoms with van der Waals surface area (Å²) in [4.78, 5) is 4.42. The van der Waals surface area contributed by atoms with E-state index < -0.39 is 10.0 Å². The quantitative estimate of drug-likeness (QED) is 0.685. The van der Waals surface area contributed by atoms with Crippen LogP contribution in [0, 0.1) is 0 Å². The lowest BCUT2D eigenvalue weighted by molar-refractivity contribution is 0.242. The van der Waals surface area contributed by atoms with Crippen molar-refractivity contribution in [2.24, 2.45) is 0 Å². The van der Waals surface area contributed by atoms with Crippen LogP contribution in [0.5, 0.6) is 5.75 Å². The Labute approximate surface area is 152 Å². The van der Waals surface area contributed by atoms with E-state index in [2.05, 4.69) is 9.71 Å². The van der Waals surface area contributed by atoms with Crippen molar-refractivity contribution in [1.82, 2.24) is 9.71 Å². The highest BCUT2D eigenvalue weighted by atomic mass is 32.2. The normalized spacial score (nSPS) is 11.7. The average Bonchev–Trinajstić information content (AvgIpc) is 3.15. The molecule has 0 fully saturated rings. The Bertz CT molecular complexity index is 949.